The van der Waals surface area contributed by atoms with Crippen LogP contribution in [0.2, 0.25) is 0 Å². The molecule has 1 unspecified atom stereocenters. The summed E-state index contributed by atoms with van der Waals surface area (Å²) < 4.78 is 1.89. The van der Waals surface area contributed by atoms with E-state index in [1.807, 2.05) is 42.0 Å². The van der Waals surface area contributed by atoms with Gasteiger partial charge < -0.3 is 20.1 Å². The molecule has 3 amide bonds. The number of imidazole rings is 1. The molecule has 1 aromatic heterocycles. The van der Waals surface area contributed by atoms with E-state index in [1.54, 1.807) is 17.4 Å². The molecule has 2 heterocycles. The van der Waals surface area contributed by atoms with Crippen LogP contribution in [-0.4, -0.2) is 45.5 Å². The van der Waals surface area contributed by atoms with Crippen molar-refractivity contribution in [2.24, 2.45) is 0 Å². The van der Waals surface area contributed by atoms with Gasteiger partial charge in [0.05, 0.1) is 12.4 Å². The van der Waals surface area contributed by atoms with E-state index in [-0.39, 0.29) is 18.0 Å². The molecular formula is C17H21N5O2. The first kappa shape index (κ1) is 16.0. The van der Waals surface area contributed by atoms with Gasteiger partial charge in [0.1, 0.15) is 0 Å². The number of carbonyl (C=O) groups is 2. The summed E-state index contributed by atoms with van der Waals surface area (Å²) in [5.41, 5.74) is 1.67. The number of aromatic nitrogens is 2. The molecule has 0 saturated carbocycles. The second-order valence-corrected chi connectivity index (χ2v) is 5.86. The van der Waals surface area contributed by atoms with E-state index in [0.717, 1.165) is 18.7 Å². The topological polar surface area (TPSA) is 79.3 Å². The fourth-order valence-electron chi connectivity index (χ4n) is 2.84. The normalized spacial score (nSPS) is 17.1. The van der Waals surface area contributed by atoms with E-state index >= 15 is 0 Å². The highest BCUT2D eigenvalue weighted by Gasteiger charge is 2.29. The zero-order valence-corrected chi connectivity index (χ0v) is 13.6. The van der Waals surface area contributed by atoms with E-state index < -0.39 is 0 Å². The zero-order valence-electron chi connectivity index (χ0n) is 13.6. The van der Waals surface area contributed by atoms with Gasteiger partial charge in [0.15, 0.2) is 0 Å². The largest absolute Gasteiger partial charge is 0.341 e. The first-order valence-corrected chi connectivity index (χ1v) is 8.09. The third kappa shape index (κ3) is 3.73. The maximum absolute atomic E-state index is 12.1. The molecule has 0 bridgehead atoms. The molecule has 1 fully saturated rings. The number of anilines is 1. The van der Waals surface area contributed by atoms with E-state index in [2.05, 4.69) is 15.6 Å². The number of hydrogen-bond donors (Lipinski definition) is 2. The van der Waals surface area contributed by atoms with E-state index in [0.29, 0.717) is 18.7 Å². The van der Waals surface area contributed by atoms with Gasteiger partial charge in [-0.1, -0.05) is 6.92 Å². The maximum Gasteiger partial charge on any atom is 0.319 e. The Balaban J connectivity index is 1.53. The molecule has 1 saturated heterocycles. The van der Waals surface area contributed by atoms with Crippen LogP contribution in [-0.2, 0) is 4.79 Å². The Bertz CT molecular complexity index is 696. The van der Waals surface area contributed by atoms with Gasteiger partial charge in [-0.05, 0) is 30.7 Å². The molecule has 1 aromatic carbocycles. The van der Waals surface area contributed by atoms with Gasteiger partial charge in [-0.2, -0.15) is 0 Å². The lowest BCUT2D eigenvalue weighted by molar-refractivity contribution is -0.127. The summed E-state index contributed by atoms with van der Waals surface area (Å²) in [7, 11) is 0. The van der Waals surface area contributed by atoms with Gasteiger partial charge in [0.25, 0.3) is 0 Å². The summed E-state index contributed by atoms with van der Waals surface area (Å²) >= 11 is 0. The Labute approximate surface area is 140 Å². The van der Waals surface area contributed by atoms with Gasteiger partial charge in [-0.25, -0.2) is 9.78 Å². The molecule has 2 N–H and O–H groups in total. The van der Waals surface area contributed by atoms with Gasteiger partial charge in [0, 0.05) is 43.3 Å². The number of likely N-dealkylation sites (tertiary alicyclic amines) is 1. The summed E-state index contributed by atoms with van der Waals surface area (Å²) in [5.74, 6) is 0.104. The standard InChI is InChI=1S/C17H21N5O2/c1-2-8-21-11-14(10-16(21)23)20-17(24)19-13-3-5-15(6-4-13)22-9-7-18-12-22/h3-7,9,12,14H,2,8,10-11H2,1H3,(H2,19,20,24). The van der Waals surface area contributed by atoms with Crippen molar-refractivity contribution >= 4 is 17.6 Å². The van der Waals surface area contributed by atoms with Crippen LogP contribution >= 0.6 is 0 Å². The summed E-state index contributed by atoms with van der Waals surface area (Å²) in [6.07, 6.45) is 6.58. The van der Waals surface area contributed by atoms with Crippen molar-refractivity contribution in [1.82, 2.24) is 19.8 Å². The van der Waals surface area contributed by atoms with Crippen LogP contribution in [0, 0.1) is 0 Å². The van der Waals surface area contributed by atoms with Gasteiger partial charge in [0.2, 0.25) is 5.91 Å². The molecule has 1 aliphatic rings. The third-order valence-electron chi connectivity index (χ3n) is 3.97. The number of urea groups is 1. The second-order valence-electron chi connectivity index (χ2n) is 5.86. The molecule has 0 radical (unpaired) electrons. The predicted octanol–water partition coefficient (Wildman–Crippen LogP) is 2.00. The van der Waals surface area contributed by atoms with Crippen molar-refractivity contribution in [2.45, 2.75) is 25.8 Å². The van der Waals surface area contributed by atoms with E-state index in [4.69, 9.17) is 0 Å². The summed E-state index contributed by atoms with van der Waals surface area (Å²) in [5, 5.41) is 5.66. The summed E-state index contributed by atoms with van der Waals surface area (Å²) in [6.45, 7) is 3.36. The van der Waals surface area contributed by atoms with Gasteiger partial charge in [-0.15, -0.1) is 0 Å². The molecule has 7 heteroatoms. The number of carbonyl (C=O) groups excluding carboxylic acids is 2. The molecule has 7 nitrogen and oxygen atoms in total. The third-order valence-corrected chi connectivity index (χ3v) is 3.97. The van der Waals surface area contributed by atoms with Crippen molar-refractivity contribution in [2.75, 3.05) is 18.4 Å². The Kier molecular flexibility index (Phi) is 4.79. The Morgan fingerprint density at radius 3 is 2.79 bits per heavy atom. The molecule has 126 valence electrons. The van der Waals surface area contributed by atoms with Crippen LogP contribution in [0.1, 0.15) is 19.8 Å². The van der Waals surface area contributed by atoms with Crippen molar-refractivity contribution in [3.05, 3.63) is 43.0 Å². The fraction of sp³-hybridized carbons (Fsp3) is 0.353. The molecule has 3 rings (SSSR count). The first-order chi connectivity index (χ1) is 11.7. The average molecular weight is 327 g/mol. The highest BCUT2D eigenvalue weighted by atomic mass is 16.2. The van der Waals surface area contributed by atoms with Gasteiger partial charge >= 0.3 is 6.03 Å². The van der Waals surface area contributed by atoms with Crippen molar-refractivity contribution in [3.8, 4) is 5.69 Å². The van der Waals surface area contributed by atoms with E-state index in [1.165, 1.54) is 0 Å². The minimum atomic E-state index is -0.290. The van der Waals surface area contributed by atoms with Crippen LogP contribution < -0.4 is 10.6 Å². The van der Waals surface area contributed by atoms with E-state index in [9.17, 15) is 9.59 Å². The number of benzene rings is 1. The smallest absolute Gasteiger partial charge is 0.319 e. The fourth-order valence-corrected chi connectivity index (χ4v) is 2.84. The average Bonchev–Trinajstić information content (AvgIpc) is 3.19. The number of nitrogens with zero attached hydrogens (tertiary/aromatic N) is 3. The molecule has 0 aliphatic carbocycles. The number of amides is 3. The molecule has 24 heavy (non-hydrogen) atoms. The Hall–Kier alpha value is -2.83. The molecule has 1 atom stereocenters. The lowest BCUT2D eigenvalue weighted by atomic mass is 10.2. The number of nitrogens with one attached hydrogen (secondary N) is 2. The van der Waals surface area contributed by atoms with Gasteiger partial charge in [-0.3, -0.25) is 4.79 Å². The quantitative estimate of drug-likeness (QED) is 0.881. The number of hydrogen-bond acceptors (Lipinski definition) is 3. The van der Waals surface area contributed by atoms with Crippen LogP contribution in [0.4, 0.5) is 10.5 Å². The molecule has 0 spiro atoms. The minimum Gasteiger partial charge on any atom is -0.341 e. The molecular weight excluding hydrogens is 306 g/mol. The Morgan fingerprint density at radius 1 is 1.33 bits per heavy atom. The zero-order chi connectivity index (χ0) is 16.9. The maximum atomic E-state index is 12.1. The van der Waals surface area contributed by atoms with Crippen LogP contribution in [0.25, 0.3) is 5.69 Å². The van der Waals surface area contributed by atoms with Crippen molar-refractivity contribution < 1.29 is 9.59 Å². The Morgan fingerprint density at radius 2 is 2.12 bits per heavy atom. The lowest BCUT2D eigenvalue weighted by Gasteiger charge is -2.16. The van der Waals surface area contributed by atoms with Crippen LogP contribution in [0.5, 0.6) is 0 Å². The summed E-state index contributed by atoms with van der Waals surface area (Å²) in [4.78, 5) is 29.7. The highest BCUT2D eigenvalue weighted by Crippen LogP contribution is 2.14. The lowest BCUT2D eigenvalue weighted by Crippen LogP contribution is -2.39. The SMILES string of the molecule is CCCN1CC(NC(=O)Nc2ccc(-n3ccnc3)cc2)CC1=O. The van der Waals surface area contributed by atoms with Crippen molar-refractivity contribution in [1.29, 1.82) is 0 Å². The minimum absolute atomic E-state index is 0.104. The second kappa shape index (κ2) is 7.16. The monoisotopic (exact) mass is 327 g/mol. The summed E-state index contributed by atoms with van der Waals surface area (Å²) in [6, 6.07) is 7.05. The van der Waals surface area contributed by atoms with Crippen molar-refractivity contribution in [3.63, 3.8) is 0 Å². The number of rotatable bonds is 5. The highest BCUT2D eigenvalue weighted by molar-refractivity contribution is 5.90. The molecule has 1 aliphatic heterocycles. The predicted molar refractivity (Wildman–Crippen MR) is 91.0 cm³/mol. The molecule has 2 aromatic rings. The van der Waals surface area contributed by atoms with Crippen LogP contribution in [0.15, 0.2) is 43.0 Å². The van der Waals surface area contributed by atoms with Crippen LogP contribution in [0.3, 0.4) is 0 Å². The first-order valence-electron chi connectivity index (χ1n) is 8.09.